The highest BCUT2D eigenvalue weighted by atomic mass is 35.5. The molecule has 1 aromatic rings. The Morgan fingerprint density at radius 2 is 2.31 bits per heavy atom. The number of aromatic nitrogens is 2. The zero-order valence-electron chi connectivity index (χ0n) is 7.88. The van der Waals surface area contributed by atoms with Crippen LogP contribution < -0.4 is 5.73 Å². The van der Waals surface area contributed by atoms with Gasteiger partial charge in [-0.15, -0.1) is 0 Å². The van der Waals surface area contributed by atoms with Gasteiger partial charge in [0.2, 0.25) is 0 Å². The van der Waals surface area contributed by atoms with Crippen molar-refractivity contribution in [3.63, 3.8) is 0 Å². The minimum atomic E-state index is 0.482. The first-order valence-electron chi connectivity index (χ1n) is 4.12. The normalized spacial score (nSPS) is 10.8. The van der Waals surface area contributed by atoms with Crippen molar-refractivity contribution in [1.82, 2.24) is 9.78 Å². The third-order valence-electron chi connectivity index (χ3n) is 1.78. The van der Waals surface area contributed by atoms with E-state index in [2.05, 4.69) is 5.10 Å². The largest absolute Gasteiger partial charge is 0.375 e. The summed E-state index contributed by atoms with van der Waals surface area (Å²) in [5.74, 6) is 0. The molecule has 0 spiro atoms. The Morgan fingerprint density at radius 1 is 1.62 bits per heavy atom. The van der Waals surface area contributed by atoms with Crippen LogP contribution in [0.4, 0.5) is 0 Å². The lowest BCUT2D eigenvalue weighted by molar-refractivity contribution is 0.128. The molecule has 0 saturated heterocycles. The molecule has 1 rings (SSSR count). The van der Waals surface area contributed by atoms with Crippen LogP contribution in [0.5, 0.6) is 0 Å². The average Bonchev–Trinajstić information content (AvgIpc) is 2.32. The van der Waals surface area contributed by atoms with E-state index in [4.69, 9.17) is 22.1 Å². The molecular formula is C8H14ClN3O. The van der Waals surface area contributed by atoms with Gasteiger partial charge in [-0.2, -0.15) is 5.10 Å². The number of hydrogen-bond donors (Lipinski definition) is 1. The van der Waals surface area contributed by atoms with E-state index in [0.717, 1.165) is 11.3 Å². The number of hydrogen-bond acceptors (Lipinski definition) is 3. The molecule has 0 radical (unpaired) electrons. The molecule has 0 unspecified atom stereocenters. The van der Waals surface area contributed by atoms with Crippen LogP contribution in [0.2, 0.25) is 5.15 Å². The number of ether oxygens (including phenoxy) is 1. The maximum Gasteiger partial charge on any atom is 0.132 e. The highest BCUT2D eigenvalue weighted by molar-refractivity contribution is 6.30. The molecule has 0 aliphatic rings. The fraction of sp³-hybridized carbons (Fsp3) is 0.625. The molecular weight excluding hydrogens is 190 g/mol. The van der Waals surface area contributed by atoms with Crippen molar-refractivity contribution in [2.45, 2.75) is 13.5 Å². The third-order valence-corrected chi connectivity index (χ3v) is 2.25. The summed E-state index contributed by atoms with van der Waals surface area (Å²) in [7, 11) is 1.81. The Balaban J connectivity index is 2.64. The maximum absolute atomic E-state index is 5.98. The number of rotatable bonds is 4. The van der Waals surface area contributed by atoms with Crippen LogP contribution >= 0.6 is 11.6 Å². The van der Waals surface area contributed by atoms with E-state index in [1.54, 1.807) is 4.68 Å². The number of aryl methyl sites for hydroxylation is 2. The van der Waals surface area contributed by atoms with Crippen LogP contribution in [0.1, 0.15) is 11.3 Å². The fourth-order valence-electron chi connectivity index (χ4n) is 1.10. The molecule has 1 heterocycles. The average molecular weight is 204 g/mol. The summed E-state index contributed by atoms with van der Waals surface area (Å²) in [4.78, 5) is 0. The van der Waals surface area contributed by atoms with E-state index in [0.29, 0.717) is 24.9 Å². The Bertz CT molecular complexity index is 285. The van der Waals surface area contributed by atoms with E-state index in [9.17, 15) is 0 Å². The summed E-state index contributed by atoms with van der Waals surface area (Å²) in [6.45, 7) is 3.46. The number of nitrogens with zero attached hydrogens (tertiary/aromatic N) is 2. The SMILES string of the molecule is Cc1nn(C)c(Cl)c1COCCN. The van der Waals surface area contributed by atoms with Crippen LogP contribution in [0, 0.1) is 6.92 Å². The molecule has 0 bridgehead atoms. The van der Waals surface area contributed by atoms with Crippen molar-refractivity contribution < 1.29 is 4.74 Å². The topological polar surface area (TPSA) is 53.1 Å². The highest BCUT2D eigenvalue weighted by Crippen LogP contribution is 2.18. The van der Waals surface area contributed by atoms with Gasteiger partial charge in [0.15, 0.2) is 0 Å². The molecule has 0 fully saturated rings. The van der Waals surface area contributed by atoms with Crippen molar-refractivity contribution >= 4 is 11.6 Å². The lowest BCUT2D eigenvalue weighted by Gasteiger charge is -2.01. The Kier molecular flexibility index (Phi) is 3.71. The minimum absolute atomic E-state index is 0.482. The van der Waals surface area contributed by atoms with Gasteiger partial charge >= 0.3 is 0 Å². The lowest BCUT2D eigenvalue weighted by Crippen LogP contribution is -2.08. The Hall–Kier alpha value is -0.580. The van der Waals surface area contributed by atoms with E-state index in [1.165, 1.54) is 0 Å². The third kappa shape index (κ3) is 2.43. The minimum Gasteiger partial charge on any atom is -0.375 e. The van der Waals surface area contributed by atoms with Crippen LogP contribution in [0.3, 0.4) is 0 Å². The van der Waals surface area contributed by atoms with E-state index >= 15 is 0 Å². The van der Waals surface area contributed by atoms with Crippen molar-refractivity contribution in [3.05, 3.63) is 16.4 Å². The first-order valence-corrected chi connectivity index (χ1v) is 4.50. The zero-order chi connectivity index (χ0) is 9.84. The molecule has 2 N–H and O–H groups in total. The number of halogens is 1. The molecule has 4 nitrogen and oxygen atoms in total. The molecule has 13 heavy (non-hydrogen) atoms. The second-order valence-electron chi connectivity index (χ2n) is 2.82. The van der Waals surface area contributed by atoms with E-state index < -0.39 is 0 Å². The van der Waals surface area contributed by atoms with Gasteiger partial charge in [-0.1, -0.05) is 11.6 Å². The summed E-state index contributed by atoms with van der Waals surface area (Å²) >= 11 is 5.98. The van der Waals surface area contributed by atoms with Crippen molar-refractivity contribution in [2.24, 2.45) is 12.8 Å². The molecule has 1 aromatic heterocycles. The summed E-state index contributed by atoms with van der Waals surface area (Å²) in [6, 6.07) is 0. The summed E-state index contributed by atoms with van der Waals surface area (Å²) in [5, 5.41) is 4.80. The fourth-order valence-corrected chi connectivity index (χ4v) is 1.32. The van der Waals surface area contributed by atoms with Crippen molar-refractivity contribution in [1.29, 1.82) is 0 Å². The quantitative estimate of drug-likeness (QED) is 0.739. The molecule has 0 aliphatic carbocycles. The molecule has 0 aromatic carbocycles. The summed E-state index contributed by atoms with van der Waals surface area (Å²) < 4.78 is 6.92. The second-order valence-corrected chi connectivity index (χ2v) is 3.18. The number of nitrogens with two attached hydrogens (primary N) is 1. The van der Waals surface area contributed by atoms with Crippen molar-refractivity contribution in [2.75, 3.05) is 13.2 Å². The highest BCUT2D eigenvalue weighted by Gasteiger charge is 2.10. The first kappa shape index (κ1) is 10.5. The summed E-state index contributed by atoms with van der Waals surface area (Å²) in [5.41, 5.74) is 7.14. The molecule has 0 atom stereocenters. The van der Waals surface area contributed by atoms with Gasteiger partial charge in [0.25, 0.3) is 0 Å². The predicted molar refractivity (Wildman–Crippen MR) is 51.7 cm³/mol. The Morgan fingerprint density at radius 3 is 2.77 bits per heavy atom. The van der Waals surface area contributed by atoms with Gasteiger partial charge < -0.3 is 10.5 Å². The van der Waals surface area contributed by atoms with Gasteiger partial charge in [0.05, 0.1) is 18.9 Å². The van der Waals surface area contributed by atoms with Gasteiger partial charge in [-0.3, -0.25) is 4.68 Å². The molecule has 5 heteroatoms. The standard InChI is InChI=1S/C8H14ClN3O/c1-6-7(5-13-4-3-10)8(9)12(2)11-6/h3-5,10H2,1-2H3. The zero-order valence-corrected chi connectivity index (χ0v) is 8.64. The molecule has 0 aliphatic heterocycles. The maximum atomic E-state index is 5.98. The molecule has 74 valence electrons. The van der Waals surface area contributed by atoms with Crippen LogP contribution in [-0.2, 0) is 18.4 Å². The van der Waals surface area contributed by atoms with Gasteiger partial charge in [0, 0.05) is 19.2 Å². The van der Waals surface area contributed by atoms with Crippen molar-refractivity contribution in [3.8, 4) is 0 Å². The smallest absolute Gasteiger partial charge is 0.132 e. The van der Waals surface area contributed by atoms with E-state index in [-0.39, 0.29) is 0 Å². The van der Waals surface area contributed by atoms with Gasteiger partial charge in [0.1, 0.15) is 5.15 Å². The second kappa shape index (κ2) is 4.60. The van der Waals surface area contributed by atoms with Crippen LogP contribution in [0.15, 0.2) is 0 Å². The van der Waals surface area contributed by atoms with E-state index in [1.807, 2.05) is 14.0 Å². The molecule has 0 amide bonds. The first-order chi connectivity index (χ1) is 6.16. The van der Waals surface area contributed by atoms with Crippen LogP contribution in [-0.4, -0.2) is 22.9 Å². The van der Waals surface area contributed by atoms with Gasteiger partial charge in [-0.05, 0) is 6.92 Å². The predicted octanol–water partition coefficient (Wildman–Crippen LogP) is 0.857. The van der Waals surface area contributed by atoms with Gasteiger partial charge in [-0.25, -0.2) is 0 Å². The van der Waals surface area contributed by atoms with Crippen LogP contribution in [0.25, 0.3) is 0 Å². The monoisotopic (exact) mass is 203 g/mol. The Labute approximate surface area is 82.6 Å². The summed E-state index contributed by atoms with van der Waals surface area (Å²) in [6.07, 6.45) is 0. The lowest BCUT2D eigenvalue weighted by atomic mass is 10.3. The molecule has 0 saturated carbocycles.